The van der Waals surface area contributed by atoms with E-state index in [9.17, 15) is 13.2 Å². The predicted octanol–water partition coefficient (Wildman–Crippen LogP) is 1.55. The molecule has 0 aromatic heterocycles. The molecule has 0 heterocycles. The Labute approximate surface area is 124 Å². The third-order valence-electron chi connectivity index (χ3n) is 3.29. The Kier molecular flexibility index (Phi) is 4.18. The minimum Gasteiger partial charge on any atom is -0.377 e. The van der Waals surface area contributed by atoms with Crippen LogP contribution in [0, 0.1) is 0 Å². The SMILES string of the molecule is CN(C)c1cccc2c(S(=O)(=O)CCC(N)=O)cccc12. The summed E-state index contributed by atoms with van der Waals surface area (Å²) < 4.78 is 24.8. The van der Waals surface area contributed by atoms with Gasteiger partial charge < -0.3 is 10.6 Å². The zero-order valence-electron chi connectivity index (χ0n) is 12.0. The zero-order valence-corrected chi connectivity index (χ0v) is 12.9. The fourth-order valence-electron chi connectivity index (χ4n) is 2.27. The molecule has 0 saturated heterocycles. The number of hydrogen-bond acceptors (Lipinski definition) is 4. The van der Waals surface area contributed by atoms with Gasteiger partial charge in [-0.15, -0.1) is 0 Å². The zero-order chi connectivity index (χ0) is 15.6. The van der Waals surface area contributed by atoms with Gasteiger partial charge in [0.25, 0.3) is 0 Å². The van der Waals surface area contributed by atoms with Gasteiger partial charge >= 0.3 is 0 Å². The normalized spacial score (nSPS) is 11.5. The summed E-state index contributed by atoms with van der Waals surface area (Å²) in [5.74, 6) is -0.888. The molecule has 0 saturated carbocycles. The van der Waals surface area contributed by atoms with Crippen LogP contribution in [0.2, 0.25) is 0 Å². The van der Waals surface area contributed by atoms with Crippen LogP contribution in [0.1, 0.15) is 6.42 Å². The van der Waals surface area contributed by atoms with Crippen LogP contribution in [0.3, 0.4) is 0 Å². The van der Waals surface area contributed by atoms with Gasteiger partial charge in [-0.1, -0.05) is 24.3 Å². The van der Waals surface area contributed by atoms with E-state index in [0.717, 1.165) is 11.1 Å². The summed E-state index contributed by atoms with van der Waals surface area (Å²) in [7, 11) is 0.268. The molecule has 0 spiro atoms. The number of primary amides is 1. The Morgan fingerprint density at radius 2 is 1.71 bits per heavy atom. The molecule has 0 aliphatic heterocycles. The van der Waals surface area contributed by atoms with Crippen LogP contribution in [0.4, 0.5) is 5.69 Å². The average molecular weight is 306 g/mol. The minimum absolute atomic E-state index is 0.175. The maximum Gasteiger partial charge on any atom is 0.218 e. The van der Waals surface area contributed by atoms with E-state index in [4.69, 9.17) is 5.73 Å². The first-order valence-corrected chi connectivity index (χ1v) is 8.18. The lowest BCUT2D eigenvalue weighted by Gasteiger charge is -2.16. The smallest absolute Gasteiger partial charge is 0.218 e. The van der Waals surface area contributed by atoms with Gasteiger partial charge in [0.15, 0.2) is 9.84 Å². The summed E-state index contributed by atoms with van der Waals surface area (Å²) >= 11 is 0. The predicted molar refractivity (Wildman–Crippen MR) is 84.1 cm³/mol. The molecule has 2 rings (SSSR count). The summed E-state index contributed by atoms with van der Waals surface area (Å²) in [5, 5.41) is 1.52. The van der Waals surface area contributed by atoms with Crippen molar-refractivity contribution < 1.29 is 13.2 Å². The quantitative estimate of drug-likeness (QED) is 0.909. The molecule has 112 valence electrons. The second kappa shape index (κ2) is 5.73. The molecule has 0 atom stereocenters. The van der Waals surface area contributed by atoms with Gasteiger partial charge in [0, 0.05) is 37.0 Å². The first-order valence-electron chi connectivity index (χ1n) is 6.53. The van der Waals surface area contributed by atoms with Crippen molar-refractivity contribution in [2.75, 3.05) is 24.7 Å². The molecule has 6 heteroatoms. The molecular formula is C15H18N2O3S. The Morgan fingerprint density at radius 3 is 2.33 bits per heavy atom. The summed E-state index contributed by atoms with van der Waals surface area (Å²) in [6.45, 7) is 0. The number of sulfone groups is 1. The van der Waals surface area contributed by atoms with Gasteiger partial charge in [0.1, 0.15) is 0 Å². The standard InChI is InChI=1S/C15H18N2O3S/c1-17(2)13-7-3-6-12-11(13)5-4-8-14(12)21(19,20)10-9-15(16)18/h3-8H,9-10H2,1-2H3,(H2,16,18). The second-order valence-electron chi connectivity index (χ2n) is 5.06. The van der Waals surface area contributed by atoms with Crippen LogP contribution in [-0.4, -0.2) is 34.2 Å². The van der Waals surface area contributed by atoms with E-state index in [1.165, 1.54) is 0 Å². The number of benzene rings is 2. The van der Waals surface area contributed by atoms with Crippen LogP contribution < -0.4 is 10.6 Å². The summed E-state index contributed by atoms with van der Waals surface area (Å²) in [6, 6.07) is 10.7. The van der Waals surface area contributed by atoms with Crippen molar-refractivity contribution in [1.29, 1.82) is 0 Å². The van der Waals surface area contributed by atoms with Crippen LogP contribution in [0.5, 0.6) is 0 Å². The Balaban J connectivity index is 2.60. The van der Waals surface area contributed by atoms with E-state index in [1.54, 1.807) is 18.2 Å². The largest absolute Gasteiger partial charge is 0.377 e. The number of amides is 1. The minimum atomic E-state index is -3.54. The highest BCUT2D eigenvalue weighted by atomic mass is 32.2. The Morgan fingerprint density at radius 1 is 1.10 bits per heavy atom. The molecule has 0 aliphatic carbocycles. The van der Waals surface area contributed by atoms with Crippen LogP contribution in [0.15, 0.2) is 41.3 Å². The molecule has 2 aromatic carbocycles. The number of hydrogen-bond donors (Lipinski definition) is 1. The van der Waals surface area contributed by atoms with Gasteiger partial charge in [0.2, 0.25) is 5.91 Å². The molecule has 0 unspecified atom stereocenters. The van der Waals surface area contributed by atoms with Crippen molar-refractivity contribution in [2.24, 2.45) is 5.73 Å². The first kappa shape index (κ1) is 15.3. The van der Waals surface area contributed by atoms with Crippen LogP contribution >= 0.6 is 0 Å². The first-order chi connectivity index (χ1) is 9.83. The van der Waals surface area contributed by atoms with E-state index in [0.29, 0.717) is 5.39 Å². The number of carbonyl (C=O) groups excluding carboxylic acids is 1. The van der Waals surface area contributed by atoms with Crippen LogP contribution in [0.25, 0.3) is 10.8 Å². The average Bonchev–Trinajstić information content (AvgIpc) is 2.43. The molecule has 21 heavy (non-hydrogen) atoms. The highest BCUT2D eigenvalue weighted by Gasteiger charge is 2.19. The molecule has 0 fully saturated rings. The molecule has 2 aromatic rings. The van der Waals surface area contributed by atoms with E-state index in [1.807, 2.05) is 37.2 Å². The number of nitrogens with zero attached hydrogens (tertiary/aromatic N) is 1. The van der Waals surface area contributed by atoms with Gasteiger partial charge in [-0.2, -0.15) is 0 Å². The highest BCUT2D eigenvalue weighted by Crippen LogP contribution is 2.30. The third kappa shape index (κ3) is 3.16. The molecule has 2 N–H and O–H groups in total. The maximum atomic E-state index is 12.4. The van der Waals surface area contributed by atoms with Crippen molar-refractivity contribution in [3.8, 4) is 0 Å². The van der Waals surface area contributed by atoms with Gasteiger partial charge in [0.05, 0.1) is 10.6 Å². The summed E-state index contributed by atoms with van der Waals surface area (Å²) in [6.07, 6.45) is -0.175. The Hall–Kier alpha value is -2.08. The lowest BCUT2D eigenvalue weighted by molar-refractivity contribution is -0.117. The van der Waals surface area contributed by atoms with Crippen molar-refractivity contribution in [1.82, 2.24) is 0 Å². The topological polar surface area (TPSA) is 80.5 Å². The van der Waals surface area contributed by atoms with Crippen molar-refractivity contribution in [2.45, 2.75) is 11.3 Å². The number of fused-ring (bicyclic) bond motifs is 1. The van der Waals surface area contributed by atoms with Gasteiger partial charge in [-0.05, 0) is 12.1 Å². The lowest BCUT2D eigenvalue weighted by Crippen LogP contribution is -2.17. The fourth-order valence-corrected chi connectivity index (χ4v) is 3.76. The van der Waals surface area contributed by atoms with E-state index in [2.05, 4.69) is 0 Å². The van der Waals surface area contributed by atoms with E-state index in [-0.39, 0.29) is 17.1 Å². The third-order valence-corrected chi connectivity index (χ3v) is 5.06. The second-order valence-corrected chi connectivity index (χ2v) is 7.14. The summed E-state index contributed by atoms with van der Waals surface area (Å²) in [4.78, 5) is 13.0. The molecule has 0 bridgehead atoms. The van der Waals surface area contributed by atoms with Crippen molar-refractivity contribution >= 4 is 32.2 Å². The number of rotatable bonds is 5. The molecule has 0 aliphatic rings. The van der Waals surface area contributed by atoms with Crippen molar-refractivity contribution in [3.05, 3.63) is 36.4 Å². The summed E-state index contributed by atoms with van der Waals surface area (Å²) in [5.41, 5.74) is 5.99. The number of nitrogens with two attached hydrogens (primary N) is 1. The molecule has 0 radical (unpaired) electrons. The molecule has 1 amide bonds. The number of carbonyl (C=O) groups is 1. The van der Waals surface area contributed by atoms with E-state index < -0.39 is 15.7 Å². The number of anilines is 1. The van der Waals surface area contributed by atoms with Crippen LogP contribution in [-0.2, 0) is 14.6 Å². The highest BCUT2D eigenvalue weighted by molar-refractivity contribution is 7.91. The van der Waals surface area contributed by atoms with Gasteiger partial charge in [-0.3, -0.25) is 4.79 Å². The molecular weight excluding hydrogens is 288 g/mol. The fraction of sp³-hybridized carbons (Fsp3) is 0.267. The van der Waals surface area contributed by atoms with Gasteiger partial charge in [-0.25, -0.2) is 8.42 Å². The van der Waals surface area contributed by atoms with E-state index >= 15 is 0 Å². The maximum absolute atomic E-state index is 12.4. The lowest BCUT2D eigenvalue weighted by atomic mass is 10.1. The molecule has 5 nitrogen and oxygen atoms in total. The Bertz CT molecular complexity index is 783. The monoisotopic (exact) mass is 306 g/mol. The van der Waals surface area contributed by atoms with Crippen molar-refractivity contribution in [3.63, 3.8) is 0 Å².